The zero-order valence-electron chi connectivity index (χ0n) is 13.6. The van der Waals surface area contributed by atoms with Crippen LogP contribution in [-0.4, -0.2) is 28.9 Å². The van der Waals surface area contributed by atoms with E-state index in [1.165, 1.54) is 22.6 Å². The number of hydrogen-bond donors (Lipinski definition) is 0. The van der Waals surface area contributed by atoms with E-state index in [9.17, 15) is 4.79 Å². The van der Waals surface area contributed by atoms with E-state index in [2.05, 4.69) is 36.4 Å². The van der Waals surface area contributed by atoms with Crippen molar-refractivity contribution < 1.29 is 4.79 Å². The van der Waals surface area contributed by atoms with Crippen molar-refractivity contribution in [3.8, 4) is 0 Å². The molecule has 124 valence electrons. The predicted octanol–water partition coefficient (Wildman–Crippen LogP) is 5.14. The molecule has 24 heavy (non-hydrogen) atoms. The van der Waals surface area contributed by atoms with Crippen molar-refractivity contribution in [2.75, 3.05) is 18.1 Å². The highest BCUT2D eigenvalue weighted by Crippen LogP contribution is 2.45. The van der Waals surface area contributed by atoms with Crippen LogP contribution in [0.1, 0.15) is 45.0 Å². The number of carbonyl (C=O) groups is 1. The summed E-state index contributed by atoms with van der Waals surface area (Å²) in [6, 6.07) is 18.9. The number of benzene rings is 2. The van der Waals surface area contributed by atoms with Gasteiger partial charge in [-0.25, -0.2) is 0 Å². The van der Waals surface area contributed by atoms with Gasteiger partial charge in [-0.05, 0) is 36.1 Å². The van der Waals surface area contributed by atoms with Gasteiger partial charge >= 0.3 is 0 Å². The van der Waals surface area contributed by atoms with Crippen molar-refractivity contribution in [3.63, 3.8) is 0 Å². The third-order valence-electron chi connectivity index (χ3n) is 4.75. The van der Waals surface area contributed by atoms with E-state index in [1.54, 1.807) is 0 Å². The Bertz CT molecular complexity index is 695. The maximum atomic E-state index is 13.0. The minimum absolute atomic E-state index is 0.166. The summed E-state index contributed by atoms with van der Waals surface area (Å²) in [5.74, 6) is 2.62. The minimum Gasteiger partial charge on any atom is -0.332 e. The fraction of sp³-hybridized carbons (Fsp3) is 0.350. The lowest BCUT2D eigenvalue weighted by molar-refractivity contribution is 0.0735. The Morgan fingerprint density at radius 3 is 2.33 bits per heavy atom. The van der Waals surface area contributed by atoms with E-state index in [0.717, 1.165) is 24.9 Å². The largest absolute Gasteiger partial charge is 0.332 e. The van der Waals surface area contributed by atoms with Gasteiger partial charge in [-0.3, -0.25) is 4.79 Å². The van der Waals surface area contributed by atoms with E-state index in [1.807, 2.05) is 46.6 Å². The summed E-state index contributed by atoms with van der Waals surface area (Å²) in [7, 11) is 0. The fourth-order valence-corrected chi connectivity index (χ4v) is 6.39. The van der Waals surface area contributed by atoms with E-state index >= 15 is 0 Å². The molecular weight excluding hydrogens is 334 g/mol. The first kappa shape index (κ1) is 16.1. The smallest absolute Gasteiger partial charge is 0.254 e. The molecule has 2 nitrogen and oxygen atoms in total. The monoisotopic (exact) mass is 355 g/mol. The van der Waals surface area contributed by atoms with Crippen molar-refractivity contribution in [1.82, 2.24) is 4.90 Å². The second kappa shape index (κ2) is 7.24. The molecule has 1 atom stereocenters. The van der Waals surface area contributed by atoms with Gasteiger partial charge in [0, 0.05) is 23.6 Å². The summed E-state index contributed by atoms with van der Waals surface area (Å²) < 4.78 is 0.540. The summed E-state index contributed by atoms with van der Waals surface area (Å²) in [6.07, 6.45) is 2.14. The van der Waals surface area contributed by atoms with Crippen LogP contribution < -0.4 is 0 Å². The van der Waals surface area contributed by atoms with Crippen LogP contribution >= 0.6 is 23.5 Å². The third-order valence-corrected chi connectivity index (χ3v) is 7.85. The molecule has 2 heterocycles. The second-order valence-electron chi connectivity index (χ2n) is 6.26. The molecule has 0 aromatic heterocycles. The van der Waals surface area contributed by atoms with Crippen LogP contribution in [0.4, 0.5) is 0 Å². The molecule has 0 radical (unpaired) electrons. The highest BCUT2D eigenvalue weighted by molar-refractivity contribution is 8.19. The van der Waals surface area contributed by atoms with Gasteiger partial charge in [-0.15, -0.1) is 23.5 Å². The number of hydrogen-bond acceptors (Lipinski definition) is 3. The summed E-state index contributed by atoms with van der Waals surface area (Å²) in [6.45, 7) is 0.856. The SMILES string of the molecule is O=C(c1ccc(C2SCCS2)cc1)N1CCCC1c1ccccc1. The molecule has 2 saturated heterocycles. The number of nitrogens with zero attached hydrogens (tertiary/aromatic N) is 1. The minimum atomic E-state index is 0.166. The Morgan fingerprint density at radius 1 is 0.917 bits per heavy atom. The van der Waals surface area contributed by atoms with Gasteiger partial charge in [0.25, 0.3) is 5.91 Å². The highest BCUT2D eigenvalue weighted by atomic mass is 32.2. The quantitative estimate of drug-likeness (QED) is 0.760. The lowest BCUT2D eigenvalue weighted by atomic mass is 10.0. The van der Waals surface area contributed by atoms with Gasteiger partial charge in [-0.1, -0.05) is 42.5 Å². The standard InChI is InChI=1S/C20H21NOS2/c22-19(16-8-10-17(11-9-16)20-23-13-14-24-20)21-12-4-7-18(21)15-5-2-1-3-6-15/h1-3,5-6,8-11,18,20H,4,7,12-14H2. The molecule has 4 rings (SSSR count). The van der Waals surface area contributed by atoms with Gasteiger partial charge in [-0.2, -0.15) is 0 Å². The van der Waals surface area contributed by atoms with Crippen molar-refractivity contribution >= 4 is 29.4 Å². The van der Waals surface area contributed by atoms with Gasteiger partial charge in [0.1, 0.15) is 0 Å². The van der Waals surface area contributed by atoms with Crippen LogP contribution in [0.15, 0.2) is 54.6 Å². The molecule has 0 saturated carbocycles. The van der Waals surface area contributed by atoms with Crippen molar-refractivity contribution in [2.45, 2.75) is 23.5 Å². The number of likely N-dealkylation sites (tertiary alicyclic amines) is 1. The zero-order valence-corrected chi connectivity index (χ0v) is 15.2. The van der Waals surface area contributed by atoms with E-state index in [4.69, 9.17) is 0 Å². The van der Waals surface area contributed by atoms with Gasteiger partial charge in [0.2, 0.25) is 0 Å². The normalized spacial score (nSPS) is 21.3. The van der Waals surface area contributed by atoms with Crippen LogP contribution in [0.5, 0.6) is 0 Å². The van der Waals surface area contributed by atoms with E-state index in [-0.39, 0.29) is 11.9 Å². The zero-order chi connectivity index (χ0) is 16.4. The molecular formula is C20H21NOS2. The third kappa shape index (κ3) is 3.22. The molecule has 2 aromatic rings. The first-order valence-corrected chi connectivity index (χ1v) is 10.6. The molecule has 1 unspecified atom stereocenters. The molecule has 2 aliphatic heterocycles. The maximum Gasteiger partial charge on any atom is 0.254 e. The molecule has 2 aliphatic rings. The molecule has 0 N–H and O–H groups in total. The van der Waals surface area contributed by atoms with E-state index < -0.39 is 0 Å². The first-order chi connectivity index (χ1) is 11.8. The van der Waals surface area contributed by atoms with Crippen LogP contribution in [0.3, 0.4) is 0 Å². The number of amides is 1. The summed E-state index contributed by atoms with van der Waals surface area (Å²) >= 11 is 4.00. The number of rotatable bonds is 3. The first-order valence-electron chi connectivity index (χ1n) is 8.52. The molecule has 1 amide bonds. The molecule has 0 spiro atoms. The average Bonchev–Trinajstić information content (AvgIpc) is 3.34. The molecule has 4 heteroatoms. The Kier molecular flexibility index (Phi) is 4.86. The van der Waals surface area contributed by atoms with Crippen LogP contribution in [-0.2, 0) is 0 Å². The summed E-state index contributed by atoms with van der Waals surface area (Å²) in [5, 5.41) is 0. The van der Waals surface area contributed by atoms with Crippen molar-refractivity contribution in [2.24, 2.45) is 0 Å². The fourth-order valence-electron chi connectivity index (χ4n) is 3.53. The summed E-state index contributed by atoms with van der Waals surface area (Å²) in [5.41, 5.74) is 3.40. The lowest BCUT2D eigenvalue weighted by Crippen LogP contribution is -2.30. The average molecular weight is 356 g/mol. The molecule has 0 bridgehead atoms. The van der Waals surface area contributed by atoms with Crippen LogP contribution in [0.25, 0.3) is 0 Å². The van der Waals surface area contributed by atoms with Crippen LogP contribution in [0.2, 0.25) is 0 Å². The molecule has 2 fully saturated rings. The summed E-state index contributed by atoms with van der Waals surface area (Å²) in [4.78, 5) is 15.0. The number of carbonyl (C=O) groups excluding carboxylic acids is 1. The topological polar surface area (TPSA) is 20.3 Å². The van der Waals surface area contributed by atoms with Crippen LogP contribution in [0, 0.1) is 0 Å². The Labute approximate surface area is 152 Å². The van der Waals surface area contributed by atoms with Gasteiger partial charge in [0.05, 0.1) is 10.6 Å². The maximum absolute atomic E-state index is 13.0. The van der Waals surface area contributed by atoms with Gasteiger partial charge < -0.3 is 4.90 Å². The number of thioether (sulfide) groups is 2. The molecule has 0 aliphatic carbocycles. The van der Waals surface area contributed by atoms with Crippen molar-refractivity contribution in [3.05, 3.63) is 71.3 Å². The lowest BCUT2D eigenvalue weighted by Gasteiger charge is -2.25. The van der Waals surface area contributed by atoms with E-state index in [0.29, 0.717) is 4.58 Å². The predicted molar refractivity (Wildman–Crippen MR) is 104 cm³/mol. The Morgan fingerprint density at radius 2 is 1.62 bits per heavy atom. The Hall–Kier alpha value is -1.39. The molecule has 2 aromatic carbocycles. The van der Waals surface area contributed by atoms with Gasteiger partial charge in [0.15, 0.2) is 0 Å². The van der Waals surface area contributed by atoms with Crippen molar-refractivity contribution in [1.29, 1.82) is 0 Å². The second-order valence-corrected chi connectivity index (χ2v) is 8.99. The Balaban J connectivity index is 1.52. The highest BCUT2D eigenvalue weighted by Gasteiger charge is 2.30.